The fourth-order valence-corrected chi connectivity index (χ4v) is 2.03. The van der Waals surface area contributed by atoms with Crippen LogP contribution in [0.1, 0.15) is 18.1 Å². The number of benzene rings is 1. The van der Waals surface area contributed by atoms with Gasteiger partial charge in [0, 0.05) is 13.0 Å². The highest BCUT2D eigenvalue weighted by Gasteiger charge is 2.20. The van der Waals surface area contributed by atoms with Gasteiger partial charge in [-0.1, -0.05) is 12.1 Å². The molecule has 0 aromatic heterocycles. The summed E-state index contributed by atoms with van der Waals surface area (Å²) in [6.07, 6.45) is -0.435. The van der Waals surface area contributed by atoms with Crippen LogP contribution in [0.3, 0.4) is 0 Å². The number of hydrogen-bond donors (Lipinski definition) is 3. The molecule has 8 heteroatoms. The van der Waals surface area contributed by atoms with Gasteiger partial charge in [0.1, 0.15) is 5.75 Å². The Labute approximate surface area is 133 Å². The topological polar surface area (TPSA) is 70.6 Å². The highest BCUT2D eigenvalue weighted by atomic mass is 35.5. The van der Waals surface area contributed by atoms with Gasteiger partial charge < -0.3 is 20.5 Å². The van der Waals surface area contributed by atoms with Gasteiger partial charge in [-0.25, -0.2) is 0 Å². The summed E-state index contributed by atoms with van der Waals surface area (Å²) < 4.78 is 28.2. The smallest absolute Gasteiger partial charge is 0.387 e. The van der Waals surface area contributed by atoms with E-state index in [0.717, 1.165) is 13.1 Å². The molecule has 1 aliphatic heterocycles. The molecule has 1 aromatic carbocycles. The van der Waals surface area contributed by atoms with Crippen molar-refractivity contribution in [2.45, 2.75) is 19.1 Å². The molecule has 1 saturated heterocycles. The van der Waals surface area contributed by atoms with Gasteiger partial charge in [0.05, 0.1) is 6.10 Å². The van der Waals surface area contributed by atoms with E-state index in [1.54, 1.807) is 0 Å². The first kappa shape index (κ1) is 18.6. The number of alkyl halides is 2. The highest BCUT2D eigenvalue weighted by Crippen LogP contribution is 2.19. The van der Waals surface area contributed by atoms with E-state index in [-0.39, 0.29) is 30.6 Å². The first-order valence-electron chi connectivity index (χ1n) is 6.75. The predicted octanol–water partition coefficient (Wildman–Crippen LogP) is 1.47. The fraction of sp³-hybridized carbons (Fsp3) is 0.500. The molecule has 124 valence electrons. The second kappa shape index (κ2) is 8.87. The molecule has 1 unspecified atom stereocenters. The fourth-order valence-electron chi connectivity index (χ4n) is 2.03. The Morgan fingerprint density at radius 3 is 2.50 bits per heavy atom. The summed E-state index contributed by atoms with van der Waals surface area (Å²) in [4.78, 5) is 11.6. The lowest BCUT2D eigenvalue weighted by Crippen LogP contribution is -2.44. The molecular formula is C14H19ClF2N2O3. The third-order valence-electron chi connectivity index (χ3n) is 3.32. The minimum Gasteiger partial charge on any atom is -0.435 e. The van der Waals surface area contributed by atoms with Gasteiger partial charge >= 0.3 is 6.61 Å². The van der Waals surface area contributed by atoms with Crippen molar-refractivity contribution in [3.8, 4) is 5.75 Å². The van der Waals surface area contributed by atoms with E-state index in [9.17, 15) is 18.7 Å². The zero-order valence-electron chi connectivity index (χ0n) is 11.8. The maximum atomic E-state index is 12.0. The molecule has 22 heavy (non-hydrogen) atoms. The second-order valence-electron chi connectivity index (χ2n) is 5.00. The molecule has 1 heterocycles. The van der Waals surface area contributed by atoms with Crippen molar-refractivity contribution >= 4 is 18.3 Å². The van der Waals surface area contributed by atoms with Crippen molar-refractivity contribution in [3.63, 3.8) is 0 Å². The molecular weight excluding hydrogens is 318 g/mol. The van der Waals surface area contributed by atoms with E-state index in [2.05, 4.69) is 15.4 Å². The van der Waals surface area contributed by atoms with Gasteiger partial charge in [-0.3, -0.25) is 4.79 Å². The van der Waals surface area contributed by atoms with Gasteiger partial charge in [-0.15, -0.1) is 12.4 Å². The van der Waals surface area contributed by atoms with Crippen molar-refractivity contribution in [3.05, 3.63) is 29.8 Å². The molecule has 1 aliphatic rings. The maximum absolute atomic E-state index is 12.0. The first-order chi connectivity index (χ1) is 10.0. The molecule has 1 amide bonds. The highest BCUT2D eigenvalue weighted by molar-refractivity contribution is 5.85. The number of ether oxygens (including phenoxy) is 1. The van der Waals surface area contributed by atoms with Crippen LogP contribution >= 0.6 is 12.4 Å². The third kappa shape index (κ3) is 5.75. The molecule has 0 bridgehead atoms. The molecule has 5 nitrogen and oxygen atoms in total. The Bertz CT molecular complexity index is 470. The number of hydrogen-bond acceptors (Lipinski definition) is 4. The number of aliphatic hydroxyl groups is 1. The predicted molar refractivity (Wildman–Crippen MR) is 79.3 cm³/mol. The monoisotopic (exact) mass is 336 g/mol. The van der Waals surface area contributed by atoms with Crippen LogP contribution in [0.15, 0.2) is 24.3 Å². The molecule has 2 rings (SSSR count). The molecule has 0 spiro atoms. The van der Waals surface area contributed by atoms with Crippen molar-refractivity contribution in [2.75, 3.05) is 19.6 Å². The van der Waals surface area contributed by atoms with Gasteiger partial charge in [-0.05, 0) is 36.7 Å². The number of aliphatic hydroxyl groups excluding tert-OH is 1. The van der Waals surface area contributed by atoms with Gasteiger partial charge in [-0.2, -0.15) is 8.78 Å². The summed E-state index contributed by atoms with van der Waals surface area (Å²) in [5.74, 6) is 0.300. The lowest BCUT2D eigenvalue weighted by atomic mass is 9.99. The number of amides is 1. The third-order valence-corrected chi connectivity index (χ3v) is 3.32. The standard InChI is InChI=1S/C14H18F2N2O3.ClH/c15-14(16)21-11-3-1-10(2-4-11)12(19)8-18-13(20)5-9-6-17-7-9;/h1-4,9,12,14,17,19H,5-8H2,(H,18,20);1H. The van der Waals surface area contributed by atoms with Crippen molar-refractivity contribution in [2.24, 2.45) is 5.92 Å². The van der Waals surface area contributed by atoms with E-state index >= 15 is 0 Å². The van der Waals surface area contributed by atoms with Crippen LogP contribution in [-0.4, -0.2) is 37.3 Å². The summed E-state index contributed by atoms with van der Waals surface area (Å²) in [6.45, 7) is -1.09. The summed E-state index contributed by atoms with van der Waals surface area (Å²) in [6, 6.07) is 5.69. The second-order valence-corrected chi connectivity index (χ2v) is 5.00. The lowest BCUT2D eigenvalue weighted by molar-refractivity contribution is -0.122. The Hall–Kier alpha value is -1.44. The molecule has 0 aliphatic carbocycles. The van der Waals surface area contributed by atoms with Crippen LogP contribution in [-0.2, 0) is 4.79 Å². The van der Waals surface area contributed by atoms with Crippen LogP contribution in [0.5, 0.6) is 5.75 Å². The molecule has 3 N–H and O–H groups in total. The quantitative estimate of drug-likeness (QED) is 0.705. The Morgan fingerprint density at radius 1 is 1.36 bits per heavy atom. The number of nitrogens with one attached hydrogen (secondary N) is 2. The van der Waals surface area contributed by atoms with Crippen LogP contribution in [0, 0.1) is 5.92 Å². The number of carbonyl (C=O) groups is 1. The lowest BCUT2D eigenvalue weighted by Gasteiger charge is -2.26. The van der Waals surface area contributed by atoms with Crippen molar-refractivity contribution in [1.82, 2.24) is 10.6 Å². The number of carbonyl (C=O) groups excluding carboxylic acids is 1. The Kier molecular flexibility index (Phi) is 7.50. The average molecular weight is 337 g/mol. The van der Waals surface area contributed by atoms with Gasteiger partial charge in [0.2, 0.25) is 5.91 Å². The maximum Gasteiger partial charge on any atom is 0.387 e. The largest absolute Gasteiger partial charge is 0.435 e. The van der Waals surface area contributed by atoms with Crippen LogP contribution < -0.4 is 15.4 Å². The van der Waals surface area contributed by atoms with Gasteiger partial charge in [0.25, 0.3) is 0 Å². The minimum absolute atomic E-state index is 0. The van der Waals surface area contributed by atoms with Crippen molar-refractivity contribution < 1.29 is 23.4 Å². The first-order valence-corrected chi connectivity index (χ1v) is 6.75. The van der Waals surface area contributed by atoms with E-state index < -0.39 is 12.7 Å². The molecule has 1 fully saturated rings. The minimum atomic E-state index is -2.87. The Morgan fingerprint density at radius 2 is 2.00 bits per heavy atom. The summed E-state index contributed by atoms with van der Waals surface area (Å²) in [7, 11) is 0. The molecule has 1 atom stereocenters. The zero-order valence-corrected chi connectivity index (χ0v) is 12.6. The van der Waals surface area contributed by atoms with E-state index in [0.29, 0.717) is 17.9 Å². The van der Waals surface area contributed by atoms with Crippen LogP contribution in [0.2, 0.25) is 0 Å². The molecule has 0 radical (unpaired) electrons. The number of rotatable bonds is 7. The average Bonchev–Trinajstić information content (AvgIpc) is 2.40. The van der Waals surface area contributed by atoms with Crippen LogP contribution in [0.4, 0.5) is 8.78 Å². The summed E-state index contributed by atoms with van der Waals surface area (Å²) >= 11 is 0. The molecule has 1 aromatic rings. The van der Waals surface area contributed by atoms with Gasteiger partial charge in [0.15, 0.2) is 0 Å². The van der Waals surface area contributed by atoms with E-state index in [1.807, 2.05) is 0 Å². The zero-order chi connectivity index (χ0) is 15.2. The Balaban J connectivity index is 0.00000242. The SMILES string of the molecule is Cl.O=C(CC1CNC1)NCC(O)c1ccc(OC(F)F)cc1. The number of halogens is 3. The van der Waals surface area contributed by atoms with E-state index in [1.165, 1.54) is 24.3 Å². The van der Waals surface area contributed by atoms with E-state index in [4.69, 9.17) is 0 Å². The van der Waals surface area contributed by atoms with Crippen LogP contribution in [0.25, 0.3) is 0 Å². The normalized spacial score (nSPS) is 15.6. The summed E-state index contributed by atoms with van der Waals surface area (Å²) in [5, 5.41) is 15.7. The molecule has 0 saturated carbocycles. The van der Waals surface area contributed by atoms with Crippen molar-refractivity contribution in [1.29, 1.82) is 0 Å². The summed E-state index contributed by atoms with van der Waals surface area (Å²) in [5.41, 5.74) is 0.530.